The Hall–Kier alpha value is -0.120. The van der Waals surface area contributed by atoms with Crippen molar-refractivity contribution in [2.24, 2.45) is 22.7 Å². The van der Waals surface area contributed by atoms with E-state index in [4.69, 9.17) is 9.47 Å². The predicted octanol–water partition coefficient (Wildman–Crippen LogP) is 3.93. The quantitative estimate of drug-likeness (QED) is 0.795. The van der Waals surface area contributed by atoms with Gasteiger partial charge in [0.25, 0.3) is 0 Å². The molecular weight excluding hydrogens is 288 g/mol. The van der Waals surface area contributed by atoms with Crippen molar-refractivity contribution >= 4 is 0 Å². The third-order valence-electron chi connectivity index (χ3n) is 8.51. The van der Waals surface area contributed by atoms with Gasteiger partial charge in [0.1, 0.15) is 6.10 Å². The van der Waals surface area contributed by atoms with Gasteiger partial charge in [-0.2, -0.15) is 0 Å². The highest BCUT2D eigenvalue weighted by Crippen LogP contribution is 2.65. The minimum Gasteiger partial charge on any atom is -0.396 e. The average molecular weight is 322 g/mol. The van der Waals surface area contributed by atoms with Crippen molar-refractivity contribution in [3.8, 4) is 0 Å². The first-order valence-electron chi connectivity index (χ1n) is 9.68. The molecule has 2 saturated heterocycles. The standard InChI is InChI=1S/C20H34O3/c1-17(13-21)8-5-9-18(2)14(17)6-10-19(3)15(18)7-11-20(4)16(23-19)12-22-20/h14-16,21H,5-13H2,1-4H3/t14-,15+,16+,17+,18-,19+,20+/m0/s1. The zero-order chi connectivity index (χ0) is 16.5. The Bertz CT molecular complexity index is 493. The molecule has 0 aromatic heterocycles. The summed E-state index contributed by atoms with van der Waals surface area (Å²) in [5.41, 5.74) is 0.329. The molecule has 0 amide bonds. The van der Waals surface area contributed by atoms with E-state index >= 15 is 0 Å². The summed E-state index contributed by atoms with van der Waals surface area (Å²) in [5, 5.41) is 10.1. The molecule has 0 unspecified atom stereocenters. The molecule has 0 spiro atoms. The molecule has 2 saturated carbocycles. The number of hydrogen-bond donors (Lipinski definition) is 1. The lowest BCUT2D eigenvalue weighted by atomic mass is 9.45. The Morgan fingerprint density at radius 3 is 2.26 bits per heavy atom. The third kappa shape index (κ3) is 2.12. The molecule has 3 nitrogen and oxygen atoms in total. The maximum atomic E-state index is 10.1. The second-order valence-electron chi connectivity index (χ2n) is 9.90. The largest absolute Gasteiger partial charge is 0.396 e. The minimum absolute atomic E-state index is 0.00877. The average Bonchev–Trinajstić information content (AvgIpc) is 2.57. The molecule has 7 atom stereocenters. The van der Waals surface area contributed by atoms with Gasteiger partial charge in [0, 0.05) is 6.61 Å². The highest BCUT2D eigenvalue weighted by Gasteiger charge is 2.63. The Kier molecular flexibility index (Phi) is 3.52. The fourth-order valence-corrected chi connectivity index (χ4v) is 6.96. The number of ether oxygens (including phenoxy) is 2. The summed E-state index contributed by atoms with van der Waals surface area (Å²) in [6.45, 7) is 10.5. The van der Waals surface area contributed by atoms with Gasteiger partial charge < -0.3 is 14.6 Å². The van der Waals surface area contributed by atoms with Crippen LogP contribution in [-0.4, -0.2) is 35.6 Å². The number of aliphatic hydroxyl groups excluding tert-OH is 1. The fraction of sp³-hybridized carbons (Fsp3) is 1.00. The molecular formula is C20H34O3. The molecule has 0 radical (unpaired) electrons. The van der Waals surface area contributed by atoms with Gasteiger partial charge in [0.05, 0.1) is 17.8 Å². The van der Waals surface area contributed by atoms with E-state index in [2.05, 4.69) is 27.7 Å². The van der Waals surface area contributed by atoms with Gasteiger partial charge in [-0.3, -0.25) is 0 Å². The molecule has 0 aromatic carbocycles. The first-order valence-corrected chi connectivity index (χ1v) is 9.68. The van der Waals surface area contributed by atoms with Gasteiger partial charge in [-0.1, -0.05) is 20.3 Å². The number of hydrogen-bond acceptors (Lipinski definition) is 3. The summed E-state index contributed by atoms with van der Waals surface area (Å²) in [6.07, 6.45) is 8.66. The van der Waals surface area contributed by atoms with Crippen LogP contribution >= 0.6 is 0 Å². The van der Waals surface area contributed by atoms with E-state index in [1.165, 1.54) is 32.1 Å². The summed E-state index contributed by atoms with van der Waals surface area (Å²) >= 11 is 0. The van der Waals surface area contributed by atoms with Crippen LogP contribution in [0.15, 0.2) is 0 Å². The van der Waals surface area contributed by atoms with Crippen LogP contribution in [0.25, 0.3) is 0 Å². The van der Waals surface area contributed by atoms with E-state index in [9.17, 15) is 5.11 Å². The van der Waals surface area contributed by atoms with E-state index in [0.29, 0.717) is 23.9 Å². The first-order chi connectivity index (χ1) is 10.8. The second kappa shape index (κ2) is 4.95. The molecule has 2 aliphatic carbocycles. The van der Waals surface area contributed by atoms with Crippen molar-refractivity contribution in [2.45, 2.75) is 89.9 Å². The summed E-state index contributed by atoms with van der Waals surface area (Å²) in [6, 6.07) is 0. The van der Waals surface area contributed by atoms with Gasteiger partial charge >= 0.3 is 0 Å². The minimum atomic E-state index is -0.0544. The SMILES string of the molecule is C[C@]1(CO)CCC[C@]2(C)[C@H]3CC[C@@]4(C)OC[C@H]4O[C@]3(C)CC[C@@H]12. The van der Waals surface area contributed by atoms with Gasteiger partial charge in [0.15, 0.2) is 0 Å². The Balaban J connectivity index is 1.70. The normalized spacial score (nSPS) is 59.1. The van der Waals surface area contributed by atoms with Crippen molar-refractivity contribution < 1.29 is 14.6 Å². The zero-order valence-electron chi connectivity index (χ0n) is 15.4. The molecule has 3 heteroatoms. The lowest BCUT2D eigenvalue weighted by Crippen LogP contribution is -2.62. The van der Waals surface area contributed by atoms with Crippen molar-refractivity contribution in [1.82, 2.24) is 0 Å². The first kappa shape index (κ1) is 16.4. The molecule has 1 N–H and O–H groups in total. The maximum absolute atomic E-state index is 10.1. The van der Waals surface area contributed by atoms with Crippen LogP contribution in [0.4, 0.5) is 0 Å². The van der Waals surface area contributed by atoms with Crippen LogP contribution < -0.4 is 0 Å². The number of rotatable bonds is 1. The topological polar surface area (TPSA) is 38.7 Å². The van der Waals surface area contributed by atoms with Crippen LogP contribution in [0.5, 0.6) is 0 Å². The molecule has 4 fully saturated rings. The summed E-state index contributed by atoms with van der Waals surface area (Å²) in [7, 11) is 0. The Morgan fingerprint density at radius 2 is 1.61 bits per heavy atom. The molecule has 23 heavy (non-hydrogen) atoms. The van der Waals surface area contributed by atoms with Crippen molar-refractivity contribution in [2.75, 3.05) is 13.2 Å². The highest BCUT2D eigenvalue weighted by molar-refractivity contribution is 5.12. The van der Waals surface area contributed by atoms with Crippen LogP contribution in [0.3, 0.4) is 0 Å². The zero-order valence-corrected chi connectivity index (χ0v) is 15.4. The molecule has 2 heterocycles. The van der Waals surface area contributed by atoms with Gasteiger partial charge in [0.2, 0.25) is 0 Å². The molecule has 0 aromatic rings. The second-order valence-corrected chi connectivity index (χ2v) is 9.90. The molecule has 4 aliphatic rings. The molecule has 2 aliphatic heterocycles. The number of aliphatic hydroxyl groups is 1. The van der Waals surface area contributed by atoms with Gasteiger partial charge in [-0.25, -0.2) is 0 Å². The fourth-order valence-electron chi connectivity index (χ4n) is 6.96. The van der Waals surface area contributed by atoms with Crippen LogP contribution in [0.2, 0.25) is 0 Å². The lowest BCUT2D eigenvalue weighted by Gasteiger charge is -2.62. The van der Waals surface area contributed by atoms with Gasteiger partial charge in [-0.15, -0.1) is 0 Å². The van der Waals surface area contributed by atoms with Crippen LogP contribution in [-0.2, 0) is 9.47 Å². The summed E-state index contributed by atoms with van der Waals surface area (Å²) in [4.78, 5) is 0. The van der Waals surface area contributed by atoms with E-state index in [-0.39, 0.29) is 22.7 Å². The van der Waals surface area contributed by atoms with E-state index in [1.54, 1.807) is 0 Å². The van der Waals surface area contributed by atoms with E-state index in [1.807, 2.05) is 0 Å². The summed E-state index contributed by atoms with van der Waals surface area (Å²) in [5.74, 6) is 1.21. The van der Waals surface area contributed by atoms with Crippen LogP contribution in [0.1, 0.15) is 72.6 Å². The van der Waals surface area contributed by atoms with E-state index < -0.39 is 0 Å². The van der Waals surface area contributed by atoms with Gasteiger partial charge in [-0.05, 0) is 75.0 Å². The Morgan fingerprint density at radius 1 is 0.913 bits per heavy atom. The summed E-state index contributed by atoms with van der Waals surface area (Å²) < 4.78 is 12.7. The Labute approximate surface area is 141 Å². The van der Waals surface area contributed by atoms with Crippen LogP contribution in [0, 0.1) is 22.7 Å². The highest BCUT2D eigenvalue weighted by atomic mass is 16.6. The lowest BCUT2D eigenvalue weighted by molar-refractivity contribution is -0.289. The van der Waals surface area contributed by atoms with E-state index in [0.717, 1.165) is 19.4 Å². The molecule has 132 valence electrons. The maximum Gasteiger partial charge on any atom is 0.110 e. The molecule has 4 rings (SSSR count). The van der Waals surface area contributed by atoms with Crippen molar-refractivity contribution in [3.05, 3.63) is 0 Å². The predicted molar refractivity (Wildman–Crippen MR) is 90.2 cm³/mol. The molecule has 0 bridgehead atoms. The smallest absolute Gasteiger partial charge is 0.110 e. The van der Waals surface area contributed by atoms with Crippen molar-refractivity contribution in [3.63, 3.8) is 0 Å². The third-order valence-corrected chi connectivity index (χ3v) is 8.51. The number of fused-ring (bicyclic) bond motifs is 4. The van der Waals surface area contributed by atoms with Crippen molar-refractivity contribution in [1.29, 1.82) is 0 Å². The monoisotopic (exact) mass is 322 g/mol.